The number of rotatable bonds is 5. The molecule has 0 bridgehead atoms. The second-order valence-corrected chi connectivity index (χ2v) is 5.41. The number of aromatic carboxylic acids is 1. The fourth-order valence-electron chi connectivity index (χ4n) is 2.64. The molecule has 2 rings (SSSR count). The standard InChI is InChI=1S/C16H18F2O5/c1-2-22-16(21)9-3-5-10(6-4-9)23-14-8-12(17)11(15(19)20)7-13(14)18/h7-10H,2-6H2,1H3,(H,19,20)/t9-,10+. The molecule has 1 fully saturated rings. The van der Waals surface area contributed by atoms with Crippen LogP contribution in [0.1, 0.15) is 43.0 Å². The molecule has 0 heterocycles. The highest BCUT2D eigenvalue weighted by Gasteiger charge is 2.29. The van der Waals surface area contributed by atoms with Crippen molar-refractivity contribution >= 4 is 11.9 Å². The third-order valence-electron chi connectivity index (χ3n) is 3.84. The fraction of sp³-hybridized carbons (Fsp3) is 0.500. The summed E-state index contributed by atoms with van der Waals surface area (Å²) in [6.45, 7) is 2.07. The Labute approximate surface area is 132 Å². The van der Waals surface area contributed by atoms with Gasteiger partial charge in [-0.05, 0) is 38.7 Å². The minimum atomic E-state index is -1.54. The number of hydrogen-bond acceptors (Lipinski definition) is 4. The Morgan fingerprint density at radius 2 is 1.83 bits per heavy atom. The van der Waals surface area contributed by atoms with Gasteiger partial charge in [0.1, 0.15) is 5.82 Å². The van der Waals surface area contributed by atoms with Gasteiger partial charge in [-0.3, -0.25) is 4.79 Å². The van der Waals surface area contributed by atoms with E-state index >= 15 is 0 Å². The van der Waals surface area contributed by atoms with E-state index in [9.17, 15) is 18.4 Å². The van der Waals surface area contributed by atoms with E-state index in [1.165, 1.54) is 0 Å². The molecule has 126 valence electrons. The minimum Gasteiger partial charge on any atom is -0.487 e. The predicted molar refractivity (Wildman–Crippen MR) is 76.3 cm³/mol. The molecule has 0 radical (unpaired) electrons. The zero-order valence-corrected chi connectivity index (χ0v) is 12.7. The lowest BCUT2D eigenvalue weighted by atomic mass is 9.87. The van der Waals surface area contributed by atoms with Crippen molar-refractivity contribution in [2.75, 3.05) is 6.61 Å². The quantitative estimate of drug-likeness (QED) is 0.841. The third-order valence-corrected chi connectivity index (χ3v) is 3.84. The molecule has 1 aromatic carbocycles. The largest absolute Gasteiger partial charge is 0.487 e. The maximum Gasteiger partial charge on any atom is 0.338 e. The zero-order valence-electron chi connectivity index (χ0n) is 12.7. The van der Waals surface area contributed by atoms with Gasteiger partial charge in [0.05, 0.1) is 24.2 Å². The van der Waals surface area contributed by atoms with E-state index in [0.29, 0.717) is 38.4 Å². The number of carboxylic acid groups (broad SMARTS) is 1. The first-order valence-electron chi connectivity index (χ1n) is 7.48. The summed E-state index contributed by atoms with van der Waals surface area (Å²) < 4.78 is 37.8. The lowest BCUT2D eigenvalue weighted by Crippen LogP contribution is -2.29. The number of esters is 1. The summed E-state index contributed by atoms with van der Waals surface area (Å²) in [6, 6.07) is 1.35. The second kappa shape index (κ2) is 7.39. The molecule has 0 aromatic heterocycles. The molecule has 5 nitrogen and oxygen atoms in total. The Morgan fingerprint density at radius 3 is 2.39 bits per heavy atom. The third kappa shape index (κ3) is 4.18. The van der Waals surface area contributed by atoms with Crippen LogP contribution in [0.15, 0.2) is 12.1 Å². The lowest BCUT2D eigenvalue weighted by molar-refractivity contribution is -0.149. The van der Waals surface area contributed by atoms with E-state index in [1.54, 1.807) is 6.92 Å². The van der Waals surface area contributed by atoms with E-state index < -0.39 is 23.2 Å². The van der Waals surface area contributed by atoms with Crippen LogP contribution in [-0.2, 0) is 9.53 Å². The molecule has 0 unspecified atom stereocenters. The lowest BCUT2D eigenvalue weighted by Gasteiger charge is -2.27. The summed E-state index contributed by atoms with van der Waals surface area (Å²) in [6.07, 6.45) is 1.81. The maximum atomic E-state index is 13.8. The summed E-state index contributed by atoms with van der Waals surface area (Å²) in [5, 5.41) is 8.74. The van der Waals surface area contributed by atoms with Crippen molar-refractivity contribution in [3.8, 4) is 5.75 Å². The van der Waals surface area contributed by atoms with Crippen LogP contribution in [0.3, 0.4) is 0 Å². The van der Waals surface area contributed by atoms with Crippen molar-refractivity contribution in [2.24, 2.45) is 5.92 Å². The number of carbonyl (C=O) groups is 2. The molecule has 0 amide bonds. The molecule has 1 aliphatic carbocycles. The van der Waals surface area contributed by atoms with Gasteiger partial charge in [-0.25, -0.2) is 13.6 Å². The Hall–Kier alpha value is -2.18. The van der Waals surface area contributed by atoms with Crippen LogP contribution < -0.4 is 4.74 Å². The van der Waals surface area contributed by atoms with E-state index in [0.717, 1.165) is 6.07 Å². The Morgan fingerprint density at radius 1 is 1.17 bits per heavy atom. The molecule has 23 heavy (non-hydrogen) atoms. The molecule has 0 saturated heterocycles. The van der Waals surface area contributed by atoms with Crippen molar-refractivity contribution in [2.45, 2.75) is 38.7 Å². The highest BCUT2D eigenvalue weighted by molar-refractivity contribution is 5.88. The van der Waals surface area contributed by atoms with E-state index in [-0.39, 0.29) is 23.7 Å². The number of hydrogen-bond donors (Lipinski definition) is 1. The van der Waals surface area contributed by atoms with Crippen LogP contribution in [0.2, 0.25) is 0 Å². The molecule has 7 heteroatoms. The van der Waals surface area contributed by atoms with Gasteiger partial charge in [0.25, 0.3) is 0 Å². The van der Waals surface area contributed by atoms with Crippen molar-refractivity contribution in [1.82, 2.24) is 0 Å². The van der Waals surface area contributed by atoms with Gasteiger partial charge in [0, 0.05) is 6.07 Å². The summed E-state index contributed by atoms with van der Waals surface area (Å²) in [5.41, 5.74) is -0.735. The molecule has 1 aromatic rings. The van der Waals surface area contributed by atoms with Gasteiger partial charge in [-0.1, -0.05) is 0 Å². The Bertz CT molecular complexity index is 594. The van der Waals surface area contributed by atoms with Crippen LogP contribution in [0.5, 0.6) is 5.75 Å². The topological polar surface area (TPSA) is 72.8 Å². The van der Waals surface area contributed by atoms with Crippen LogP contribution in [0.25, 0.3) is 0 Å². The average Bonchev–Trinajstić information content (AvgIpc) is 2.51. The highest BCUT2D eigenvalue weighted by atomic mass is 19.1. The summed E-state index contributed by atoms with van der Waals surface area (Å²) in [7, 11) is 0. The first kappa shape index (κ1) is 17.2. The Balaban J connectivity index is 1.98. The summed E-state index contributed by atoms with van der Waals surface area (Å²) >= 11 is 0. The molecule has 1 aliphatic rings. The van der Waals surface area contributed by atoms with Gasteiger partial charge >= 0.3 is 11.9 Å². The van der Waals surface area contributed by atoms with Crippen LogP contribution in [0, 0.1) is 17.6 Å². The fourth-order valence-corrected chi connectivity index (χ4v) is 2.64. The van der Waals surface area contributed by atoms with E-state index in [1.807, 2.05) is 0 Å². The van der Waals surface area contributed by atoms with Gasteiger partial charge < -0.3 is 14.6 Å². The van der Waals surface area contributed by atoms with Crippen molar-refractivity contribution < 1.29 is 33.0 Å². The second-order valence-electron chi connectivity index (χ2n) is 5.41. The molecule has 0 atom stereocenters. The van der Waals surface area contributed by atoms with Crippen LogP contribution >= 0.6 is 0 Å². The number of carboxylic acids is 1. The van der Waals surface area contributed by atoms with Gasteiger partial charge in [-0.2, -0.15) is 0 Å². The molecular formula is C16H18F2O5. The number of halogens is 2. The van der Waals surface area contributed by atoms with Crippen LogP contribution in [-0.4, -0.2) is 29.8 Å². The van der Waals surface area contributed by atoms with Crippen molar-refractivity contribution in [3.63, 3.8) is 0 Å². The number of ether oxygens (including phenoxy) is 2. The van der Waals surface area contributed by atoms with E-state index in [4.69, 9.17) is 14.6 Å². The Kier molecular flexibility index (Phi) is 5.52. The first-order valence-corrected chi connectivity index (χ1v) is 7.48. The number of benzene rings is 1. The van der Waals surface area contributed by atoms with Gasteiger partial charge in [0.2, 0.25) is 0 Å². The smallest absolute Gasteiger partial charge is 0.338 e. The summed E-state index contributed by atoms with van der Waals surface area (Å²) in [4.78, 5) is 22.4. The van der Waals surface area contributed by atoms with E-state index in [2.05, 4.69) is 0 Å². The highest BCUT2D eigenvalue weighted by Crippen LogP contribution is 2.30. The maximum absolute atomic E-state index is 13.8. The monoisotopic (exact) mass is 328 g/mol. The predicted octanol–water partition coefficient (Wildman–Crippen LogP) is 3.16. The van der Waals surface area contributed by atoms with Crippen molar-refractivity contribution in [3.05, 3.63) is 29.3 Å². The molecule has 0 spiro atoms. The van der Waals surface area contributed by atoms with Crippen LogP contribution in [0.4, 0.5) is 8.78 Å². The molecule has 0 aliphatic heterocycles. The number of carbonyl (C=O) groups excluding carboxylic acids is 1. The first-order chi connectivity index (χ1) is 10.9. The normalized spacial score (nSPS) is 20.8. The zero-order chi connectivity index (χ0) is 17.0. The average molecular weight is 328 g/mol. The molecular weight excluding hydrogens is 310 g/mol. The summed E-state index contributed by atoms with van der Waals surface area (Å²) in [5.74, 6) is -4.25. The minimum absolute atomic E-state index is 0.189. The van der Waals surface area contributed by atoms with Gasteiger partial charge in [0.15, 0.2) is 11.6 Å². The molecule has 1 N–H and O–H groups in total. The SMILES string of the molecule is CCOC(=O)[C@H]1CC[C@@H](Oc2cc(F)c(C(=O)O)cc2F)CC1. The van der Waals surface area contributed by atoms with Crippen molar-refractivity contribution in [1.29, 1.82) is 0 Å². The molecule has 1 saturated carbocycles. The van der Waals surface area contributed by atoms with Gasteiger partial charge in [-0.15, -0.1) is 0 Å².